The molecule has 0 saturated carbocycles. The van der Waals surface area contributed by atoms with Gasteiger partial charge in [0.25, 0.3) is 5.91 Å². The number of hydrogen-bond acceptors (Lipinski definition) is 4. The van der Waals surface area contributed by atoms with E-state index in [4.69, 9.17) is 4.74 Å². The zero-order valence-corrected chi connectivity index (χ0v) is 14.4. The van der Waals surface area contributed by atoms with Gasteiger partial charge < -0.3 is 9.64 Å². The van der Waals surface area contributed by atoms with Crippen molar-refractivity contribution in [1.29, 1.82) is 0 Å². The van der Waals surface area contributed by atoms with Crippen molar-refractivity contribution in [3.05, 3.63) is 60.2 Å². The third-order valence-electron chi connectivity index (χ3n) is 3.43. The van der Waals surface area contributed by atoms with Crippen LogP contribution in [-0.2, 0) is 20.3 Å². The molecular weight excluding hydrogens is 326 g/mol. The summed E-state index contributed by atoms with van der Waals surface area (Å²) in [4.78, 5) is 26.4. The van der Waals surface area contributed by atoms with Crippen molar-refractivity contribution in [3.8, 4) is 0 Å². The molecule has 5 nitrogen and oxygen atoms in total. The molecule has 0 aliphatic rings. The molecule has 0 bridgehead atoms. The highest BCUT2D eigenvalue weighted by Crippen LogP contribution is 2.15. The monoisotopic (exact) mass is 345 g/mol. The molecule has 24 heavy (non-hydrogen) atoms. The Morgan fingerprint density at radius 3 is 2.29 bits per heavy atom. The van der Waals surface area contributed by atoms with E-state index < -0.39 is 16.8 Å². The van der Waals surface area contributed by atoms with Crippen LogP contribution in [-0.4, -0.2) is 35.5 Å². The van der Waals surface area contributed by atoms with E-state index >= 15 is 0 Å². The Labute approximate surface area is 143 Å². The highest BCUT2D eigenvalue weighted by Gasteiger charge is 2.19. The maximum atomic E-state index is 12.3. The smallest absolute Gasteiger partial charge is 0.339 e. The van der Waals surface area contributed by atoms with E-state index in [1.807, 2.05) is 37.3 Å². The highest BCUT2D eigenvalue weighted by molar-refractivity contribution is 7.84. The lowest BCUT2D eigenvalue weighted by Gasteiger charge is -2.20. The maximum Gasteiger partial charge on any atom is 0.339 e. The first-order valence-electron chi connectivity index (χ1n) is 7.49. The fourth-order valence-electron chi connectivity index (χ4n) is 2.28. The minimum atomic E-state index is -1.31. The van der Waals surface area contributed by atoms with Crippen LogP contribution in [0.15, 0.2) is 59.5 Å². The third kappa shape index (κ3) is 4.29. The number of carbonyl (C=O) groups excluding carboxylic acids is 2. The fourth-order valence-corrected chi connectivity index (χ4v) is 3.01. The Hall–Kier alpha value is -2.47. The van der Waals surface area contributed by atoms with E-state index in [1.165, 1.54) is 11.2 Å². The van der Waals surface area contributed by atoms with E-state index in [1.54, 1.807) is 24.3 Å². The summed E-state index contributed by atoms with van der Waals surface area (Å²) in [5.41, 5.74) is 0.963. The lowest BCUT2D eigenvalue weighted by atomic mass is 10.2. The third-order valence-corrected chi connectivity index (χ3v) is 4.40. The van der Waals surface area contributed by atoms with E-state index in [9.17, 15) is 13.8 Å². The molecule has 0 heterocycles. The van der Waals surface area contributed by atoms with Crippen LogP contribution in [0.4, 0.5) is 5.69 Å². The molecular formula is C18H19NO4S. The van der Waals surface area contributed by atoms with Gasteiger partial charge in [-0.15, -0.1) is 0 Å². The van der Waals surface area contributed by atoms with E-state index in [2.05, 4.69) is 0 Å². The number of carbonyl (C=O) groups is 2. The largest absolute Gasteiger partial charge is 0.452 e. The van der Waals surface area contributed by atoms with Gasteiger partial charge in [-0.3, -0.25) is 9.00 Å². The van der Waals surface area contributed by atoms with Crippen LogP contribution in [0.1, 0.15) is 17.3 Å². The molecule has 0 N–H and O–H groups in total. The van der Waals surface area contributed by atoms with Crippen molar-refractivity contribution in [2.24, 2.45) is 0 Å². The molecule has 0 aromatic heterocycles. The fraction of sp³-hybridized carbons (Fsp3) is 0.222. The molecule has 2 aromatic carbocycles. The van der Waals surface area contributed by atoms with Crippen molar-refractivity contribution in [1.82, 2.24) is 0 Å². The molecule has 0 saturated heterocycles. The standard InChI is InChI=1S/C18H19NO4S/c1-3-19(14-9-5-4-6-10-14)17(20)13-23-18(21)15-11-7-8-12-16(15)24(2)22/h4-12H,3,13H2,1-2H3/t24-/m1/s1. The Bertz CT molecular complexity index is 746. The van der Waals surface area contributed by atoms with Gasteiger partial charge in [0.1, 0.15) is 0 Å². The normalized spacial score (nSPS) is 11.6. The second kappa shape index (κ2) is 8.40. The van der Waals surface area contributed by atoms with Crippen molar-refractivity contribution in [3.63, 3.8) is 0 Å². The molecule has 126 valence electrons. The first kappa shape index (κ1) is 17.9. The van der Waals surface area contributed by atoms with Crippen LogP contribution in [0.5, 0.6) is 0 Å². The highest BCUT2D eigenvalue weighted by atomic mass is 32.2. The summed E-state index contributed by atoms with van der Waals surface area (Å²) >= 11 is 0. The molecule has 0 fully saturated rings. The Kier molecular flexibility index (Phi) is 6.26. The summed E-state index contributed by atoms with van der Waals surface area (Å²) in [7, 11) is -1.31. The van der Waals surface area contributed by atoms with Gasteiger partial charge in [-0.05, 0) is 31.2 Å². The number of rotatable bonds is 6. The van der Waals surface area contributed by atoms with Crippen molar-refractivity contribution >= 4 is 28.4 Å². The first-order valence-corrected chi connectivity index (χ1v) is 9.05. The number of nitrogens with zero attached hydrogens (tertiary/aromatic N) is 1. The van der Waals surface area contributed by atoms with Crippen LogP contribution in [0, 0.1) is 0 Å². The quantitative estimate of drug-likeness (QED) is 0.755. The maximum absolute atomic E-state index is 12.3. The summed E-state index contributed by atoms with van der Waals surface area (Å²) in [6, 6.07) is 15.7. The van der Waals surface area contributed by atoms with Crippen LogP contribution in [0.3, 0.4) is 0 Å². The van der Waals surface area contributed by atoms with Gasteiger partial charge >= 0.3 is 5.97 Å². The molecule has 1 amide bonds. The Balaban J connectivity index is 2.06. The van der Waals surface area contributed by atoms with Crippen molar-refractivity contribution in [2.45, 2.75) is 11.8 Å². The zero-order valence-electron chi connectivity index (χ0n) is 13.6. The topological polar surface area (TPSA) is 63.7 Å². The summed E-state index contributed by atoms with van der Waals surface area (Å²) in [6.45, 7) is 1.95. The second-order valence-corrected chi connectivity index (χ2v) is 6.35. The van der Waals surface area contributed by atoms with E-state index in [-0.39, 0.29) is 18.1 Å². The van der Waals surface area contributed by atoms with Crippen LogP contribution >= 0.6 is 0 Å². The number of ether oxygens (including phenoxy) is 1. The minimum absolute atomic E-state index is 0.217. The Morgan fingerprint density at radius 1 is 1.04 bits per heavy atom. The molecule has 0 radical (unpaired) electrons. The second-order valence-electron chi connectivity index (χ2n) is 5.00. The van der Waals surface area contributed by atoms with Crippen LogP contribution in [0.2, 0.25) is 0 Å². The van der Waals surface area contributed by atoms with Gasteiger partial charge in [-0.1, -0.05) is 30.3 Å². The van der Waals surface area contributed by atoms with Gasteiger partial charge in [0.2, 0.25) is 0 Å². The lowest BCUT2D eigenvalue weighted by molar-refractivity contribution is -0.121. The molecule has 2 aromatic rings. The molecule has 6 heteroatoms. The molecule has 0 aliphatic carbocycles. The molecule has 0 spiro atoms. The average molecular weight is 345 g/mol. The van der Waals surface area contributed by atoms with Crippen LogP contribution in [0.25, 0.3) is 0 Å². The van der Waals surface area contributed by atoms with E-state index in [0.717, 1.165) is 5.69 Å². The van der Waals surface area contributed by atoms with Gasteiger partial charge in [0.05, 0.1) is 21.3 Å². The number of benzene rings is 2. The minimum Gasteiger partial charge on any atom is -0.452 e. The average Bonchev–Trinajstić information content (AvgIpc) is 2.61. The summed E-state index contributed by atoms with van der Waals surface area (Å²) < 4.78 is 16.8. The van der Waals surface area contributed by atoms with Crippen molar-refractivity contribution in [2.75, 3.05) is 24.3 Å². The van der Waals surface area contributed by atoms with E-state index in [0.29, 0.717) is 11.4 Å². The molecule has 0 aliphatic heterocycles. The summed E-state index contributed by atoms with van der Waals surface area (Å²) in [5, 5.41) is 0. The Morgan fingerprint density at radius 2 is 1.67 bits per heavy atom. The van der Waals surface area contributed by atoms with Gasteiger partial charge in [0, 0.05) is 18.5 Å². The SMILES string of the molecule is CCN(C(=O)COC(=O)c1ccccc1[S@@](C)=O)c1ccccc1. The van der Waals surface area contributed by atoms with Gasteiger partial charge in [-0.2, -0.15) is 0 Å². The van der Waals surface area contributed by atoms with Gasteiger partial charge in [0.15, 0.2) is 6.61 Å². The summed E-state index contributed by atoms with van der Waals surface area (Å²) in [6.07, 6.45) is 1.49. The number of hydrogen-bond donors (Lipinski definition) is 0. The number of anilines is 1. The zero-order chi connectivity index (χ0) is 17.5. The number of amides is 1. The predicted octanol–water partition coefficient (Wildman–Crippen LogP) is 2.63. The number of para-hydroxylation sites is 1. The molecule has 2 rings (SSSR count). The predicted molar refractivity (Wildman–Crippen MR) is 93.5 cm³/mol. The molecule has 1 atom stereocenters. The first-order chi connectivity index (χ1) is 11.5. The van der Waals surface area contributed by atoms with Gasteiger partial charge in [-0.25, -0.2) is 4.79 Å². The number of likely N-dealkylation sites (N-methyl/N-ethyl adjacent to an activating group) is 1. The van der Waals surface area contributed by atoms with Crippen LogP contribution < -0.4 is 4.90 Å². The molecule has 0 unspecified atom stereocenters. The lowest BCUT2D eigenvalue weighted by Crippen LogP contribution is -2.34. The van der Waals surface area contributed by atoms with Crippen molar-refractivity contribution < 1.29 is 18.5 Å². The number of esters is 1. The summed E-state index contributed by atoms with van der Waals surface area (Å²) in [5.74, 6) is -0.967.